The standard InChI is InChI=1S/C12H7F3N2O2/c1-6-4-7(2-3-8(6)5-16)9-10(18)19-11(17-9)12(13,14)15/h2-4,9H,1H3. The first-order valence-corrected chi connectivity index (χ1v) is 5.20. The van der Waals surface area contributed by atoms with E-state index in [1.807, 2.05) is 6.07 Å². The molecule has 1 unspecified atom stereocenters. The molecular formula is C12H7F3N2O2. The summed E-state index contributed by atoms with van der Waals surface area (Å²) in [5, 5.41) is 8.76. The van der Waals surface area contributed by atoms with Crippen LogP contribution in [0, 0.1) is 18.3 Å². The average molecular weight is 268 g/mol. The Bertz CT molecular complexity index is 614. The van der Waals surface area contributed by atoms with Crippen LogP contribution in [0.15, 0.2) is 23.2 Å². The summed E-state index contributed by atoms with van der Waals surface area (Å²) in [7, 11) is 0. The number of hydrogen-bond acceptors (Lipinski definition) is 4. The van der Waals surface area contributed by atoms with Gasteiger partial charge in [-0.2, -0.15) is 18.4 Å². The third-order valence-electron chi connectivity index (χ3n) is 2.60. The van der Waals surface area contributed by atoms with Crippen molar-refractivity contribution in [1.29, 1.82) is 5.26 Å². The van der Waals surface area contributed by atoms with Crippen LogP contribution in [0.1, 0.15) is 22.7 Å². The van der Waals surface area contributed by atoms with Gasteiger partial charge in [0.25, 0.3) is 0 Å². The van der Waals surface area contributed by atoms with E-state index in [4.69, 9.17) is 5.26 Å². The Morgan fingerprint density at radius 2 is 2.11 bits per heavy atom. The Labute approximate surface area is 106 Å². The zero-order valence-electron chi connectivity index (χ0n) is 9.65. The van der Waals surface area contributed by atoms with E-state index in [2.05, 4.69) is 9.73 Å². The van der Waals surface area contributed by atoms with Crippen LogP contribution in [-0.2, 0) is 9.53 Å². The Morgan fingerprint density at radius 3 is 2.58 bits per heavy atom. The summed E-state index contributed by atoms with van der Waals surface area (Å²) < 4.78 is 41.2. The van der Waals surface area contributed by atoms with Crippen molar-refractivity contribution in [3.63, 3.8) is 0 Å². The summed E-state index contributed by atoms with van der Waals surface area (Å²) >= 11 is 0. The predicted molar refractivity (Wildman–Crippen MR) is 58.2 cm³/mol. The minimum atomic E-state index is -4.79. The summed E-state index contributed by atoms with van der Waals surface area (Å²) in [6.45, 7) is 1.62. The van der Waals surface area contributed by atoms with Crippen molar-refractivity contribution >= 4 is 11.9 Å². The van der Waals surface area contributed by atoms with Crippen molar-refractivity contribution in [3.8, 4) is 6.07 Å². The molecule has 0 saturated carbocycles. The molecule has 19 heavy (non-hydrogen) atoms. The van der Waals surface area contributed by atoms with E-state index in [1.165, 1.54) is 18.2 Å². The maximum absolute atomic E-state index is 12.4. The first-order valence-electron chi connectivity index (χ1n) is 5.20. The fourth-order valence-electron chi connectivity index (χ4n) is 1.67. The highest BCUT2D eigenvalue weighted by molar-refractivity contribution is 6.00. The van der Waals surface area contributed by atoms with Gasteiger partial charge >= 0.3 is 18.0 Å². The van der Waals surface area contributed by atoms with Gasteiger partial charge in [0.15, 0.2) is 6.04 Å². The van der Waals surface area contributed by atoms with Gasteiger partial charge in [0.05, 0.1) is 11.6 Å². The molecule has 1 aliphatic rings. The average Bonchev–Trinajstić information content (AvgIpc) is 2.71. The van der Waals surface area contributed by atoms with Gasteiger partial charge in [-0.15, -0.1) is 0 Å². The van der Waals surface area contributed by atoms with E-state index < -0.39 is 24.1 Å². The van der Waals surface area contributed by atoms with E-state index in [0.29, 0.717) is 11.1 Å². The fraction of sp³-hybridized carbons (Fsp3) is 0.250. The first-order chi connectivity index (χ1) is 8.82. The molecule has 98 valence electrons. The number of ether oxygens (including phenoxy) is 1. The van der Waals surface area contributed by atoms with Crippen molar-refractivity contribution in [2.75, 3.05) is 0 Å². The molecule has 7 heteroatoms. The molecule has 0 aliphatic carbocycles. The molecule has 2 rings (SSSR count). The molecule has 1 aromatic rings. The van der Waals surface area contributed by atoms with Crippen LogP contribution in [0.3, 0.4) is 0 Å². The summed E-state index contributed by atoms with van der Waals surface area (Å²) in [4.78, 5) is 14.6. The van der Waals surface area contributed by atoms with E-state index in [-0.39, 0.29) is 5.56 Å². The second-order valence-electron chi connectivity index (χ2n) is 3.94. The lowest BCUT2D eigenvalue weighted by atomic mass is 10.0. The van der Waals surface area contributed by atoms with E-state index in [0.717, 1.165) is 0 Å². The number of aliphatic imine (C=N–C) groups is 1. The maximum atomic E-state index is 12.4. The number of benzene rings is 1. The molecule has 0 spiro atoms. The van der Waals surface area contributed by atoms with Gasteiger partial charge < -0.3 is 4.74 Å². The van der Waals surface area contributed by atoms with Crippen molar-refractivity contribution < 1.29 is 22.7 Å². The molecule has 0 bridgehead atoms. The lowest BCUT2D eigenvalue weighted by Gasteiger charge is -2.05. The van der Waals surface area contributed by atoms with E-state index >= 15 is 0 Å². The predicted octanol–water partition coefficient (Wildman–Crippen LogP) is 2.43. The van der Waals surface area contributed by atoms with Gasteiger partial charge in [-0.25, -0.2) is 9.79 Å². The molecule has 0 radical (unpaired) electrons. The highest BCUT2D eigenvalue weighted by atomic mass is 19.4. The van der Waals surface area contributed by atoms with Crippen molar-refractivity contribution in [2.24, 2.45) is 4.99 Å². The van der Waals surface area contributed by atoms with E-state index in [1.54, 1.807) is 6.92 Å². The molecule has 1 heterocycles. The fourth-order valence-corrected chi connectivity index (χ4v) is 1.67. The minimum absolute atomic E-state index is 0.265. The van der Waals surface area contributed by atoms with Crippen LogP contribution < -0.4 is 0 Å². The van der Waals surface area contributed by atoms with Gasteiger partial charge in [0.2, 0.25) is 0 Å². The summed E-state index contributed by atoms with van der Waals surface area (Å²) in [6, 6.07) is 4.87. The van der Waals surface area contributed by atoms with Crippen LogP contribution in [0.2, 0.25) is 0 Å². The van der Waals surface area contributed by atoms with Gasteiger partial charge in [0, 0.05) is 0 Å². The number of alkyl halides is 3. The third kappa shape index (κ3) is 2.42. The quantitative estimate of drug-likeness (QED) is 0.735. The number of rotatable bonds is 1. The number of nitriles is 1. The highest BCUT2D eigenvalue weighted by Crippen LogP contribution is 2.31. The second-order valence-corrected chi connectivity index (χ2v) is 3.94. The Hall–Kier alpha value is -2.36. The number of aryl methyl sites for hydroxylation is 1. The first kappa shape index (κ1) is 13.1. The Balaban J connectivity index is 2.38. The Kier molecular flexibility index (Phi) is 3.02. The van der Waals surface area contributed by atoms with Crippen LogP contribution in [-0.4, -0.2) is 18.0 Å². The molecule has 1 atom stereocenters. The van der Waals surface area contributed by atoms with Crippen molar-refractivity contribution in [2.45, 2.75) is 19.1 Å². The zero-order valence-corrected chi connectivity index (χ0v) is 9.65. The smallest absolute Gasteiger partial charge is 0.401 e. The topological polar surface area (TPSA) is 62.4 Å². The third-order valence-corrected chi connectivity index (χ3v) is 2.60. The SMILES string of the molecule is Cc1cc(C2N=C(C(F)(F)F)OC2=O)ccc1C#N. The van der Waals surface area contributed by atoms with Crippen molar-refractivity contribution in [1.82, 2.24) is 0 Å². The van der Waals surface area contributed by atoms with Gasteiger partial charge in [-0.3, -0.25) is 0 Å². The molecular weight excluding hydrogens is 261 g/mol. The number of nitrogens with zero attached hydrogens (tertiary/aromatic N) is 2. The summed E-state index contributed by atoms with van der Waals surface area (Å²) in [5.41, 5.74) is 1.21. The van der Waals surface area contributed by atoms with Crippen LogP contribution in [0.4, 0.5) is 13.2 Å². The lowest BCUT2D eigenvalue weighted by molar-refractivity contribution is -0.139. The molecule has 0 aromatic heterocycles. The number of hydrogen-bond donors (Lipinski definition) is 0. The molecule has 4 nitrogen and oxygen atoms in total. The van der Waals surface area contributed by atoms with Crippen LogP contribution >= 0.6 is 0 Å². The monoisotopic (exact) mass is 268 g/mol. The van der Waals surface area contributed by atoms with Gasteiger partial charge in [-0.05, 0) is 24.1 Å². The highest BCUT2D eigenvalue weighted by Gasteiger charge is 2.46. The normalized spacial score (nSPS) is 18.8. The molecule has 0 saturated heterocycles. The number of carbonyl (C=O) groups is 1. The summed E-state index contributed by atoms with van der Waals surface area (Å²) in [6.07, 6.45) is -4.79. The van der Waals surface area contributed by atoms with E-state index in [9.17, 15) is 18.0 Å². The second kappa shape index (κ2) is 4.39. The van der Waals surface area contributed by atoms with Gasteiger partial charge in [-0.1, -0.05) is 12.1 Å². The number of cyclic esters (lactones) is 1. The molecule has 0 amide bonds. The minimum Gasteiger partial charge on any atom is -0.401 e. The number of halogens is 3. The van der Waals surface area contributed by atoms with Crippen LogP contribution in [0.25, 0.3) is 0 Å². The van der Waals surface area contributed by atoms with Crippen molar-refractivity contribution in [3.05, 3.63) is 34.9 Å². The van der Waals surface area contributed by atoms with Gasteiger partial charge in [0.1, 0.15) is 0 Å². The molecule has 0 N–H and O–H groups in total. The van der Waals surface area contributed by atoms with Crippen LogP contribution in [0.5, 0.6) is 0 Å². The lowest BCUT2D eigenvalue weighted by Crippen LogP contribution is -2.23. The molecule has 0 fully saturated rings. The Morgan fingerprint density at radius 1 is 1.42 bits per heavy atom. The summed E-state index contributed by atoms with van der Waals surface area (Å²) in [5.74, 6) is -2.61. The number of carbonyl (C=O) groups excluding carboxylic acids is 1. The largest absolute Gasteiger partial charge is 0.468 e. The zero-order chi connectivity index (χ0) is 14.2. The molecule has 1 aliphatic heterocycles. The molecule has 1 aromatic carbocycles. The maximum Gasteiger partial charge on any atom is 0.468 e. The number of esters is 1.